The van der Waals surface area contributed by atoms with Crippen LogP contribution in [0.25, 0.3) is 0 Å². The van der Waals surface area contributed by atoms with Crippen LogP contribution in [-0.4, -0.2) is 36.3 Å². The lowest BCUT2D eigenvalue weighted by atomic mass is 10.3. The van der Waals surface area contributed by atoms with Gasteiger partial charge >= 0.3 is 5.69 Å². The maximum atomic E-state index is 11.4. The van der Waals surface area contributed by atoms with Crippen molar-refractivity contribution >= 4 is 17.7 Å². The van der Waals surface area contributed by atoms with Gasteiger partial charge < -0.3 is 15.9 Å². The fourth-order valence-corrected chi connectivity index (χ4v) is 2.56. The van der Waals surface area contributed by atoms with Crippen LogP contribution in [0.15, 0.2) is 11.1 Å². The number of aliphatic hydroxyl groups is 2. The lowest BCUT2D eigenvalue weighted by molar-refractivity contribution is 0.0754. The van der Waals surface area contributed by atoms with E-state index in [0.717, 1.165) is 11.8 Å². The van der Waals surface area contributed by atoms with Crippen molar-refractivity contribution in [2.24, 2.45) is 0 Å². The highest BCUT2D eigenvalue weighted by Gasteiger charge is 2.33. The third-order valence-corrected chi connectivity index (χ3v) is 3.45. The summed E-state index contributed by atoms with van der Waals surface area (Å²) < 4.78 is 1.25. The Balaban J connectivity index is 2.28. The van der Waals surface area contributed by atoms with Crippen LogP contribution in [0.5, 0.6) is 0 Å². The fourth-order valence-electron chi connectivity index (χ4n) is 1.36. The number of thioether (sulfide) groups is 1. The van der Waals surface area contributed by atoms with E-state index >= 15 is 0 Å². The molecule has 2 heterocycles. The number of nitrogen functional groups attached to an aromatic ring is 1. The average Bonchev–Trinajstić information content (AvgIpc) is 2.46. The maximum Gasteiger partial charge on any atom is 0.353 e. The first kappa shape index (κ1) is 10.4. The van der Waals surface area contributed by atoms with Crippen molar-refractivity contribution in [3.63, 3.8) is 0 Å². The van der Waals surface area contributed by atoms with Gasteiger partial charge in [0.1, 0.15) is 11.8 Å². The predicted molar refractivity (Wildman–Crippen MR) is 54.0 cm³/mol. The van der Waals surface area contributed by atoms with E-state index in [9.17, 15) is 15.0 Å². The highest BCUT2D eigenvalue weighted by atomic mass is 32.2. The molecule has 0 saturated carbocycles. The highest BCUT2D eigenvalue weighted by molar-refractivity contribution is 8.00. The molecule has 0 amide bonds. The Morgan fingerprint density at radius 1 is 1.60 bits per heavy atom. The van der Waals surface area contributed by atoms with Crippen LogP contribution >= 0.6 is 11.8 Å². The summed E-state index contributed by atoms with van der Waals surface area (Å²) in [7, 11) is 0. The van der Waals surface area contributed by atoms with Crippen LogP contribution in [0, 0.1) is 0 Å². The third-order valence-electron chi connectivity index (χ3n) is 2.12. The van der Waals surface area contributed by atoms with Gasteiger partial charge in [0.15, 0.2) is 0 Å². The first-order valence-electron chi connectivity index (χ1n) is 4.30. The molecule has 0 aromatic carbocycles. The molecule has 3 atom stereocenters. The molecule has 1 fully saturated rings. The molecule has 15 heavy (non-hydrogen) atoms. The molecule has 4 N–H and O–H groups in total. The number of aromatic nitrogens is 3. The Hall–Kier alpha value is -1.12. The van der Waals surface area contributed by atoms with Gasteiger partial charge in [-0.1, -0.05) is 0 Å². The molecule has 0 bridgehead atoms. The van der Waals surface area contributed by atoms with Crippen molar-refractivity contribution in [1.29, 1.82) is 0 Å². The zero-order valence-corrected chi connectivity index (χ0v) is 8.46. The van der Waals surface area contributed by atoms with Crippen molar-refractivity contribution in [2.75, 3.05) is 5.73 Å². The summed E-state index contributed by atoms with van der Waals surface area (Å²) in [5.74, 6) is -0.0830. The summed E-state index contributed by atoms with van der Waals surface area (Å²) in [5.41, 5.74) is 3.84. The Bertz CT molecular complexity index is 413. The Morgan fingerprint density at radius 2 is 2.33 bits per heavy atom. The molecule has 1 aromatic rings. The second kappa shape index (κ2) is 3.80. The quantitative estimate of drug-likeness (QED) is 0.540. The summed E-state index contributed by atoms with van der Waals surface area (Å²) in [6, 6.07) is 0. The topological polar surface area (TPSA) is 114 Å². The van der Waals surface area contributed by atoms with E-state index in [1.165, 1.54) is 10.9 Å². The molecular weight excluding hydrogens is 220 g/mol. The zero-order valence-electron chi connectivity index (χ0n) is 7.65. The average molecular weight is 230 g/mol. The minimum absolute atomic E-state index is 0.0830. The number of nitrogens with zero attached hydrogens (tertiary/aromatic N) is 3. The van der Waals surface area contributed by atoms with Crippen molar-refractivity contribution in [1.82, 2.24) is 14.5 Å². The molecule has 0 unspecified atom stereocenters. The molecule has 0 radical (unpaired) electrons. The van der Waals surface area contributed by atoms with Crippen LogP contribution in [0.3, 0.4) is 0 Å². The highest BCUT2D eigenvalue weighted by Crippen LogP contribution is 2.39. The van der Waals surface area contributed by atoms with E-state index in [2.05, 4.69) is 9.97 Å². The lowest BCUT2D eigenvalue weighted by Gasteiger charge is -2.10. The van der Waals surface area contributed by atoms with Gasteiger partial charge in [-0.25, -0.2) is 9.78 Å². The minimum Gasteiger partial charge on any atom is -0.389 e. The van der Waals surface area contributed by atoms with Crippen LogP contribution in [0.1, 0.15) is 11.8 Å². The van der Waals surface area contributed by atoms with Gasteiger partial charge in [0.2, 0.25) is 5.95 Å². The molecule has 8 heteroatoms. The van der Waals surface area contributed by atoms with Crippen LogP contribution in [0.2, 0.25) is 0 Å². The normalized spacial score (nSPS) is 30.7. The smallest absolute Gasteiger partial charge is 0.353 e. The minimum atomic E-state index is -0.876. The summed E-state index contributed by atoms with van der Waals surface area (Å²) in [4.78, 5) is 18.5. The second-order valence-corrected chi connectivity index (χ2v) is 4.49. The van der Waals surface area contributed by atoms with Gasteiger partial charge in [-0.05, 0) is 0 Å². The summed E-state index contributed by atoms with van der Waals surface area (Å²) in [6.45, 7) is 0. The first-order chi connectivity index (χ1) is 7.08. The number of aliphatic hydroxyl groups excluding tert-OH is 2. The summed E-state index contributed by atoms with van der Waals surface area (Å²) in [5, 5.41) is 18.3. The third kappa shape index (κ3) is 1.96. The molecule has 82 valence electrons. The van der Waals surface area contributed by atoms with Crippen LogP contribution in [0.4, 0.5) is 5.95 Å². The molecule has 0 aliphatic carbocycles. The van der Waals surface area contributed by atoms with E-state index in [1.807, 2.05) is 0 Å². The van der Waals surface area contributed by atoms with E-state index in [4.69, 9.17) is 5.73 Å². The number of hydrogen-bond acceptors (Lipinski definition) is 7. The van der Waals surface area contributed by atoms with E-state index in [-0.39, 0.29) is 11.3 Å². The number of rotatable bonds is 1. The van der Waals surface area contributed by atoms with Gasteiger partial charge in [0.25, 0.3) is 0 Å². The molecular formula is C7H10N4O3S. The van der Waals surface area contributed by atoms with Crippen LogP contribution in [-0.2, 0) is 0 Å². The summed E-state index contributed by atoms with van der Waals surface area (Å²) in [6.07, 6.45) is 0.732. The van der Waals surface area contributed by atoms with Crippen LogP contribution < -0.4 is 11.4 Å². The number of hydrogen-bond donors (Lipinski definition) is 3. The largest absolute Gasteiger partial charge is 0.389 e. The van der Waals surface area contributed by atoms with Gasteiger partial charge in [0, 0.05) is 6.42 Å². The number of anilines is 1. The molecule has 1 aliphatic heterocycles. The van der Waals surface area contributed by atoms with Crippen molar-refractivity contribution in [3.05, 3.63) is 16.8 Å². The fraction of sp³-hybridized carbons (Fsp3) is 0.571. The molecule has 1 aliphatic rings. The van der Waals surface area contributed by atoms with Gasteiger partial charge in [-0.3, -0.25) is 4.57 Å². The van der Waals surface area contributed by atoms with E-state index in [1.54, 1.807) is 0 Å². The number of nitrogens with two attached hydrogens (primary N) is 1. The maximum absolute atomic E-state index is 11.4. The second-order valence-electron chi connectivity index (χ2n) is 3.19. The van der Waals surface area contributed by atoms with Gasteiger partial charge in [-0.15, -0.1) is 11.8 Å². The predicted octanol–water partition coefficient (Wildman–Crippen LogP) is -1.46. The lowest BCUT2D eigenvalue weighted by Crippen LogP contribution is -2.26. The van der Waals surface area contributed by atoms with E-state index in [0.29, 0.717) is 6.42 Å². The van der Waals surface area contributed by atoms with Gasteiger partial charge in [0.05, 0.1) is 11.5 Å². The van der Waals surface area contributed by atoms with Crippen molar-refractivity contribution in [2.45, 2.75) is 23.3 Å². The molecule has 1 saturated heterocycles. The molecule has 1 aromatic heterocycles. The SMILES string of the molecule is Nc1ncn([C@H]2C[C@H](O)[C@@H](O)S2)c(=O)n1. The van der Waals surface area contributed by atoms with Crippen molar-refractivity contribution in [3.8, 4) is 0 Å². The summed E-state index contributed by atoms with van der Waals surface area (Å²) >= 11 is 1.09. The molecule has 0 spiro atoms. The Kier molecular flexibility index (Phi) is 2.63. The zero-order chi connectivity index (χ0) is 11.0. The van der Waals surface area contributed by atoms with E-state index < -0.39 is 17.2 Å². The first-order valence-corrected chi connectivity index (χ1v) is 5.24. The molecule has 7 nitrogen and oxygen atoms in total. The Labute approximate surface area is 89.0 Å². The standard InChI is InChI=1S/C7H10N4O3S/c8-6-9-2-11(7(14)10-6)4-1-3(12)5(13)15-4/h2-5,12-13H,1H2,(H2,8,10,14)/t3-,4+,5-/m0/s1. The van der Waals surface area contributed by atoms with Crippen molar-refractivity contribution < 1.29 is 10.2 Å². The monoisotopic (exact) mass is 230 g/mol. The Morgan fingerprint density at radius 3 is 2.87 bits per heavy atom. The molecule has 2 rings (SSSR count). The van der Waals surface area contributed by atoms with Gasteiger partial charge in [-0.2, -0.15) is 4.98 Å².